The normalized spacial score (nSPS) is 19.2. The Labute approximate surface area is 116 Å². The molecular formula is C13H18N4O3. The average Bonchev–Trinajstić information content (AvgIpc) is 2.60. The lowest BCUT2D eigenvalue weighted by molar-refractivity contribution is -0.149. The van der Waals surface area contributed by atoms with Crippen LogP contribution < -0.4 is 5.32 Å². The van der Waals surface area contributed by atoms with E-state index in [1.54, 1.807) is 11.6 Å². The van der Waals surface area contributed by atoms with Gasteiger partial charge in [-0.2, -0.15) is 5.10 Å². The first kappa shape index (κ1) is 14.2. The highest BCUT2D eigenvalue weighted by Crippen LogP contribution is 2.15. The molecule has 1 aromatic heterocycles. The van der Waals surface area contributed by atoms with E-state index in [0.717, 1.165) is 17.0 Å². The number of nitrogens with zero attached hydrogens (tertiary/aromatic N) is 3. The lowest BCUT2D eigenvalue weighted by Gasteiger charge is -2.31. The molecule has 7 nitrogen and oxygen atoms in total. The Kier molecular flexibility index (Phi) is 3.61. The highest BCUT2D eigenvalue weighted by atomic mass is 16.2. The summed E-state index contributed by atoms with van der Waals surface area (Å²) in [6.07, 6.45) is 0.149. The molecule has 1 aliphatic heterocycles. The number of nitrogens with one attached hydrogen (secondary N) is 1. The van der Waals surface area contributed by atoms with Crippen LogP contribution in [0.5, 0.6) is 0 Å². The van der Waals surface area contributed by atoms with E-state index in [4.69, 9.17) is 0 Å². The highest BCUT2D eigenvalue weighted by molar-refractivity contribution is 6.04. The van der Waals surface area contributed by atoms with Gasteiger partial charge in [-0.25, -0.2) is 0 Å². The minimum Gasteiger partial charge on any atom is -0.321 e. The second-order valence-electron chi connectivity index (χ2n) is 5.06. The first-order valence-corrected chi connectivity index (χ1v) is 6.43. The third kappa shape index (κ3) is 2.43. The number of hydrogen-bond acceptors (Lipinski definition) is 4. The number of carbonyl (C=O) groups excluding carboxylic acids is 3. The predicted octanol–water partition coefficient (Wildman–Crippen LogP) is -0.547. The van der Waals surface area contributed by atoms with Gasteiger partial charge in [0.1, 0.15) is 12.6 Å². The molecule has 2 heterocycles. The zero-order valence-corrected chi connectivity index (χ0v) is 12.1. The van der Waals surface area contributed by atoms with Crippen molar-refractivity contribution in [3.63, 3.8) is 0 Å². The number of amides is 3. The van der Waals surface area contributed by atoms with Crippen LogP contribution in [0.15, 0.2) is 0 Å². The van der Waals surface area contributed by atoms with Crippen molar-refractivity contribution in [1.29, 1.82) is 0 Å². The molecule has 1 saturated heterocycles. The number of hydrogen-bond donors (Lipinski definition) is 1. The van der Waals surface area contributed by atoms with Crippen LogP contribution in [0.25, 0.3) is 0 Å². The van der Waals surface area contributed by atoms with E-state index >= 15 is 0 Å². The minimum atomic E-state index is -0.627. The van der Waals surface area contributed by atoms with Crippen LogP contribution in [0.3, 0.4) is 0 Å². The summed E-state index contributed by atoms with van der Waals surface area (Å²) < 4.78 is 1.72. The molecule has 1 unspecified atom stereocenters. The molecule has 108 valence electrons. The fourth-order valence-corrected chi connectivity index (χ4v) is 2.34. The Bertz CT molecular complexity index is 591. The molecule has 1 fully saturated rings. The monoisotopic (exact) mass is 278 g/mol. The van der Waals surface area contributed by atoms with Gasteiger partial charge in [0.15, 0.2) is 0 Å². The molecule has 0 aromatic carbocycles. The number of carbonyl (C=O) groups is 3. The van der Waals surface area contributed by atoms with Gasteiger partial charge in [0, 0.05) is 18.3 Å². The molecule has 0 spiro atoms. The van der Waals surface area contributed by atoms with Gasteiger partial charge in [-0.1, -0.05) is 0 Å². The van der Waals surface area contributed by atoms with Crippen molar-refractivity contribution >= 4 is 17.7 Å². The lowest BCUT2D eigenvalue weighted by Crippen LogP contribution is -2.58. The van der Waals surface area contributed by atoms with Gasteiger partial charge in [-0.3, -0.25) is 24.4 Å². The van der Waals surface area contributed by atoms with Gasteiger partial charge in [-0.05, 0) is 20.8 Å². The van der Waals surface area contributed by atoms with Crippen molar-refractivity contribution in [2.45, 2.75) is 33.2 Å². The van der Waals surface area contributed by atoms with Crippen LogP contribution in [0.2, 0.25) is 0 Å². The van der Waals surface area contributed by atoms with Crippen molar-refractivity contribution < 1.29 is 14.4 Å². The van der Waals surface area contributed by atoms with Crippen molar-refractivity contribution in [1.82, 2.24) is 20.0 Å². The maximum absolute atomic E-state index is 12.3. The summed E-state index contributed by atoms with van der Waals surface area (Å²) in [7, 11) is 1.82. The fourth-order valence-electron chi connectivity index (χ4n) is 2.34. The first-order valence-electron chi connectivity index (χ1n) is 6.43. The Hall–Kier alpha value is -2.18. The summed E-state index contributed by atoms with van der Waals surface area (Å²) in [5, 5.41) is 6.47. The zero-order valence-electron chi connectivity index (χ0n) is 12.1. The third-order valence-corrected chi connectivity index (χ3v) is 3.73. The number of imide groups is 1. The summed E-state index contributed by atoms with van der Waals surface area (Å²) in [5.41, 5.74) is 2.55. The Balaban J connectivity index is 2.19. The van der Waals surface area contributed by atoms with Gasteiger partial charge in [-0.15, -0.1) is 0 Å². The van der Waals surface area contributed by atoms with Gasteiger partial charge in [0.25, 0.3) is 0 Å². The molecule has 0 saturated carbocycles. The molecule has 1 N–H and O–H groups in total. The van der Waals surface area contributed by atoms with Crippen LogP contribution in [0.1, 0.15) is 23.9 Å². The van der Waals surface area contributed by atoms with Crippen LogP contribution in [-0.2, 0) is 27.9 Å². The quantitative estimate of drug-likeness (QED) is 0.736. The average molecular weight is 278 g/mol. The Morgan fingerprint density at radius 2 is 2.05 bits per heavy atom. The van der Waals surface area contributed by atoms with E-state index < -0.39 is 17.9 Å². The van der Waals surface area contributed by atoms with Gasteiger partial charge in [0.2, 0.25) is 17.7 Å². The van der Waals surface area contributed by atoms with Gasteiger partial charge < -0.3 is 4.90 Å². The smallest absolute Gasteiger partial charge is 0.249 e. The molecule has 1 aromatic rings. The lowest BCUT2D eigenvalue weighted by atomic mass is 10.1. The van der Waals surface area contributed by atoms with E-state index in [2.05, 4.69) is 10.4 Å². The van der Waals surface area contributed by atoms with Crippen molar-refractivity contribution in [3.05, 3.63) is 17.0 Å². The maximum atomic E-state index is 12.3. The highest BCUT2D eigenvalue weighted by Gasteiger charge is 2.33. The molecule has 0 bridgehead atoms. The molecule has 1 atom stereocenters. The molecule has 2 rings (SSSR count). The molecule has 3 amide bonds. The third-order valence-electron chi connectivity index (χ3n) is 3.73. The number of aryl methyl sites for hydroxylation is 2. The SMILES string of the molecule is Cc1nn(C)c(C)c1CC(=O)N1CC(=O)NC(=O)C1C. The number of piperazine rings is 1. The van der Waals surface area contributed by atoms with Crippen LogP contribution in [0.4, 0.5) is 0 Å². The van der Waals surface area contributed by atoms with Gasteiger partial charge >= 0.3 is 0 Å². The second-order valence-corrected chi connectivity index (χ2v) is 5.06. The van der Waals surface area contributed by atoms with E-state index in [0.29, 0.717) is 0 Å². The largest absolute Gasteiger partial charge is 0.321 e. The Morgan fingerprint density at radius 3 is 2.60 bits per heavy atom. The molecule has 1 aliphatic rings. The number of aromatic nitrogens is 2. The topological polar surface area (TPSA) is 84.3 Å². The molecular weight excluding hydrogens is 260 g/mol. The van der Waals surface area contributed by atoms with Gasteiger partial charge in [0.05, 0.1) is 12.1 Å². The molecule has 20 heavy (non-hydrogen) atoms. The summed E-state index contributed by atoms with van der Waals surface area (Å²) in [5.74, 6) is -1.12. The zero-order chi connectivity index (χ0) is 15.0. The van der Waals surface area contributed by atoms with Crippen molar-refractivity contribution in [3.8, 4) is 0 Å². The summed E-state index contributed by atoms with van der Waals surface area (Å²) in [4.78, 5) is 36.6. The second kappa shape index (κ2) is 5.07. The maximum Gasteiger partial charge on any atom is 0.249 e. The molecule has 0 aliphatic carbocycles. The molecule has 0 radical (unpaired) electrons. The van der Waals surface area contributed by atoms with Crippen molar-refractivity contribution in [2.24, 2.45) is 7.05 Å². The Morgan fingerprint density at radius 1 is 1.40 bits per heavy atom. The van der Waals surface area contributed by atoms with Crippen LogP contribution >= 0.6 is 0 Å². The standard InChI is InChI=1S/C13H18N4O3/c1-7-10(8(2)16(4)15-7)5-12(19)17-6-11(18)14-13(20)9(17)3/h9H,5-6H2,1-4H3,(H,14,18,20). The predicted molar refractivity (Wildman–Crippen MR) is 70.7 cm³/mol. The van der Waals surface area contributed by atoms with Crippen LogP contribution in [-0.4, -0.2) is 45.0 Å². The van der Waals surface area contributed by atoms with E-state index in [9.17, 15) is 14.4 Å². The minimum absolute atomic E-state index is 0.0793. The fraction of sp³-hybridized carbons (Fsp3) is 0.538. The summed E-state index contributed by atoms with van der Waals surface area (Å²) in [6, 6.07) is -0.627. The van der Waals surface area contributed by atoms with Crippen LogP contribution in [0, 0.1) is 13.8 Å². The summed E-state index contributed by atoms with van der Waals surface area (Å²) in [6.45, 7) is 5.26. The van der Waals surface area contributed by atoms with E-state index in [-0.39, 0.29) is 18.9 Å². The molecule has 7 heteroatoms. The van der Waals surface area contributed by atoms with E-state index in [1.165, 1.54) is 4.90 Å². The van der Waals surface area contributed by atoms with E-state index in [1.807, 2.05) is 20.9 Å². The van der Waals surface area contributed by atoms with Crippen molar-refractivity contribution in [2.75, 3.05) is 6.54 Å². The number of rotatable bonds is 2. The first-order chi connectivity index (χ1) is 9.31. The summed E-state index contributed by atoms with van der Waals surface area (Å²) >= 11 is 0.